The Morgan fingerprint density at radius 3 is 2.48 bits per heavy atom. The Labute approximate surface area is 126 Å². The molecule has 0 bridgehead atoms. The predicted octanol–water partition coefficient (Wildman–Crippen LogP) is 5.72. The fraction of sp³-hybridized carbons (Fsp3) is 0.238. The molecular weight excluding hydrogens is 252 g/mol. The Hall–Kier alpha value is -2.08. The highest BCUT2D eigenvalue weighted by atomic mass is 14.3. The van der Waals surface area contributed by atoms with E-state index in [1.165, 1.54) is 36.0 Å². The van der Waals surface area contributed by atoms with E-state index in [0.717, 1.165) is 0 Å². The molecule has 0 fully saturated rings. The van der Waals surface area contributed by atoms with Crippen LogP contribution in [0.5, 0.6) is 0 Å². The summed E-state index contributed by atoms with van der Waals surface area (Å²) in [6, 6.07) is 19.9. The number of benzene rings is 2. The zero-order valence-electron chi connectivity index (χ0n) is 12.5. The number of hydrogen-bond donors (Lipinski definition) is 0. The molecule has 0 spiro atoms. The van der Waals surface area contributed by atoms with Crippen molar-refractivity contribution in [1.82, 2.24) is 0 Å². The molecule has 2 aromatic carbocycles. The molecule has 0 N–H and O–H groups in total. The van der Waals surface area contributed by atoms with Crippen LogP contribution in [0.3, 0.4) is 0 Å². The van der Waals surface area contributed by atoms with Crippen LogP contribution >= 0.6 is 0 Å². The van der Waals surface area contributed by atoms with Crippen molar-refractivity contribution in [3.05, 3.63) is 88.0 Å². The Kier molecular flexibility index (Phi) is 3.03. The van der Waals surface area contributed by atoms with Gasteiger partial charge in [0.1, 0.15) is 0 Å². The lowest BCUT2D eigenvalue weighted by Crippen LogP contribution is -2.16. The van der Waals surface area contributed by atoms with Gasteiger partial charge in [-0.1, -0.05) is 66.2 Å². The molecule has 0 radical (unpaired) electrons. The first-order chi connectivity index (χ1) is 10.3. The molecule has 104 valence electrons. The first kappa shape index (κ1) is 12.6. The van der Waals surface area contributed by atoms with Crippen LogP contribution in [0, 0.1) is 0 Å². The molecule has 0 nitrogen and oxygen atoms in total. The first-order valence-electron chi connectivity index (χ1n) is 7.89. The summed E-state index contributed by atoms with van der Waals surface area (Å²) in [5.41, 5.74) is 9.02. The van der Waals surface area contributed by atoms with E-state index in [0.29, 0.717) is 5.92 Å². The molecular formula is C21H20. The minimum Gasteiger partial charge on any atom is -0.0689 e. The average Bonchev–Trinajstić information content (AvgIpc) is 2.54. The van der Waals surface area contributed by atoms with Crippen LogP contribution in [-0.2, 0) is 0 Å². The molecule has 1 unspecified atom stereocenters. The van der Waals surface area contributed by atoms with Crippen molar-refractivity contribution >= 4 is 6.08 Å². The lowest BCUT2D eigenvalue weighted by atomic mass is 9.70. The highest BCUT2D eigenvalue weighted by Crippen LogP contribution is 2.47. The summed E-state index contributed by atoms with van der Waals surface area (Å²) in [7, 11) is 0. The molecule has 0 saturated carbocycles. The van der Waals surface area contributed by atoms with Crippen LogP contribution in [0.25, 0.3) is 6.08 Å². The topological polar surface area (TPSA) is 0 Å². The standard InChI is InChI=1S/C21H20/c1-15-8-7-12-18-14-17-11-5-6-13-19(17)21(20(15)18)16-9-3-2-4-10-16/h2-6,9-11,13-14,21H,7-8,12H2,1H3. The SMILES string of the molecule is CC1=C2C(=Cc3ccccc3C2c2ccccc2)CCC1. The Bertz CT molecular complexity index is 732. The van der Waals surface area contributed by atoms with Gasteiger partial charge < -0.3 is 0 Å². The van der Waals surface area contributed by atoms with Gasteiger partial charge in [0.2, 0.25) is 0 Å². The molecule has 0 heteroatoms. The van der Waals surface area contributed by atoms with Gasteiger partial charge in [-0.2, -0.15) is 0 Å². The molecule has 0 heterocycles. The van der Waals surface area contributed by atoms with E-state index in [2.05, 4.69) is 67.6 Å². The largest absolute Gasteiger partial charge is 0.0689 e. The maximum atomic E-state index is 2.42. The zero-order chi connectivity index (χ0) is 14.2. The minimum atomic E-state index is 0.419. The molecule has 0 amide bonds. The molecule has 1 atom stereocenters. The van der Waals surface area contributed by atoms with Gasteiger partial charge in [0.15, 0.2) is 0 Å². The first-order valence-corrected chi connectivity index (χ1v) is 7.89. The van der Waals surface area contributed by atoms with Crippen LogP contribution < -0.4 is 0 Å². The van der Waals surface area contributed by atoms with E-state index in [9.17, 15) is 0 Å². The van der Waals surface area contributed by atoms with Gasteiger partial charge in [0, 0.05) is 5.92 Å². The van der Waals surface area contributed by atoms with Gasteiger partial charge in [0.05, 0.1) is 0 Å². The summed E-state index contributed by atoms with van der Waals surface area (Å²) in [5.74, 6) is 0.419. The molecule has 2 aliphatic rings. The smallest absolute Gasteiger partial charge is 0.0348 e. The summed E-state index contributed by atoms with van der Waals surface area (Å²) in [5, 5.41) is 0. The fourth-order valence-corrected chi connectivity index (χ4v) is 3.91. The van der Waals surface area contributed by atoms with Crippen LogP contribution in [0.1, 0.15) is 48.8 Å². The third kappa shape index (κ3) is 2.06. The number of hydrogen-bond acceptors (Lipinski definition) is 0. The Balaban J connectivity index is 1.99. The van der Waals surface area contributed by atoms with Crippen molar-refractivity contribution in [2.75, 3.05) is 0 Å². The predicted molar refractivity (Wildman–Crippen MR) is 89.3 cm³/mol. The van der Waals surface area contributed by atoms with Gasteiger partial charge in [-0.05, 0) is 54.0 Å². The van der Waals surface area contributed by atoms with Crippen molar-refractivity contribution in [2.24, 2.45) is 0 Å². The number of allylic oxidation sites excluding steroid dienone is 3. The zero-order valence-corrected chi connectivity index (χ0v) is 12.5. The van der Waals surface area contributed by atoms with Gasteiger partial charge >= 0.3 is 0 Å². The third-order valence-corrected chi connectivity index (χ3v) is 4.86. The van der Waals surface area contributed by atoms with E-state index >= 15 is 0 Å². The van der Waals surface area contributed by atoms with Crippen molar-refractivity contribution in [3.63, 3.8) is 0 Å². The van der Waals surface area contributed by atoms with Gasteiger partial charge in [-0.25, -0.2) is 0 Å². The van der Waals surface area contributed by atoms with Crippen LogP contribution in [-0.4, -0.2) is 0 Å². The van der Waals surface area contributed by atoms with Crippen LogP contribution in [0.2, 0.25) is 0 Å². The Morgan fingerprint density at radius 1 is 0.857 bits per heavy atom. The lowest BCUT2D eigenvalue weighted by Gasteiger charge is -2.34. The van der Waals surface area contributed by atoms with Crippen molar-refractivity contribution < 1.29 is 0 Å². The molecule has 2 aliphatic carbocycles. The van der Waals surface area contributed by atoms with E-state index in [-0.39, 0.29) is 0 Å². The van der Waals surface area contributed by atoms with Crippen molar-refractivity contribution in [2.45, 2.75) is 32.1 Å². The molecule has 4 rings (SSSR count). The second-order valence-electron chi connectivity index (χ2n) is 6.19. The number of rotatable bonds is 1. The summed E-state index contributed by atoms with van der Waals surface area (Å²) in [6.07, 6.45) is 6.19. The maximum absolute atomic E-state index is 2.42. The van der Waals surface area contributed by atoms with Crippen molar-refractivity contribution in [1.29, 1.82) is 0 Å². The average molecular weight is 272 g/mol. The van der Waals surface area contributed by atoms with Crippen LogP contribution in [0.15, 0.2) is 71.3 Å². The monoisotopic (exact) mass is 272 g/mol. The van der Waals surface area contributed by atoms with Gasteiger partial charge in [-0.3, -0.25) is 0 Å². The third-order valence-electron chi connectivity index (χ3n) is 4.86. The summed E-state index contributed by atoms with van der Waals surface area (Å²) in [4.78, 5) is 0. The minimum absolute atomic E-state index is 0.419. The second kappa shape index (κ2) is 5.04. The fourth-order valence-electron chi connectivity index (χ4n) is 3.91. The maximum Gasteiger partial charge on any atom is 0.0348 e. The molecule has 0 aromatic heterocycles. The van der Waals surface area contributed by atoms with E-state index in [4.69, 9.17) is 0 Å². The molecule has 0 saturated heterocycles. The summed E-state index contributed by atoms with van der Waals surface area (Å²) in [6.45, 7) is 2.33. The summed E-state index contributed by atoms with van der Waals surface area (Å²) >= 11 is 0. The second-order valence-corrected chi connectivity index (χ2v) is 6.19. The van der Waals surface area contributed by atoms with Crippen LogP contribution in [0.4, 0.5) is 0 Å². The highest BCUT2D eigenvalue weighted by molar-refractivity contribution is 5.72. The Morgan fingerprint density at radius 2 is 1.62 bits per heavy atom. The molecule has 0 aliphatic heterocycles. The van der Waals surface area contributed by atoms with Gasteiger partial charge in [-0.15, -0.1) is 0 Å². The normalized spacial score (nSPS) is 20.6. The quantitative estimate of drug-likeness (QED) is 0.623. The molecule has 2 aromatic rings. The molecule has 21 heavy (non-hydrogen) atoms. The number of fused-ring (bicyclic) bond motifs is 2. The van der Waals surface area contributed by atoms with E-state index in [1.54, 1.807) is 16.7 Å². The van der Waals surface area contributed by atoms with E-state index in [1.807, 2.05) is 0 Å². The van der Waals surface area contributed by atoms with E-state index < -0.39 is 0 Å². The van der Waals surface area contributed by atoms with Gasteiger partial charge in [0.25, 0.3) is 0 Å². The lowest BCUT2D eigenvalue weighted by molar-refractivity contribution is 0.729. The van der Waals surface area contributed by atoms with Crippen molar-refractivity contribution in [3.8, 4) is 0 Å². The highest BCUT2D eigenvalue weighted by Gasteiger charge is 2.30. The summed E-state index contributed by atoms with van der Waals surface area (Å²) < 4.78 is 0.